The molecule has 0 atom stereocenters. The number of hydrogen-bond acceptors (Lipinski definition) is 5. The summed E-state index contributed by atoms with van der Waals surface area (Å²) in [4.78, 5) is 12.4. The van der Waals surface area contributed by atoms with E-state index in [1.54, 1.807) is 0 Å². The minimum atomic E-state index is -0.359. The Morgan fingerprint density at radius 2 is 1.86 bits per heavy atom. The fourth-order valence-electron chi connectivity index (χ4n) is 2.98. The highest BCUT2D eigenvalue weighted by atomic mass is 32.2. The number of ketones is 1. The zero-order chi connectivity index (χ0) is 21.0. The molecule has 0 unspecified atom stereocenters. The predicted octanol–water partition coefficient (Wildman–Crippen LogP) is 5.17. The van der Waals surface area contributed by atoms with Crippen LogP contribution in [0.25, 0.3) is 0 Å². The van der Waals surface area contributed by atoms with Crippen molar-refractivity contribution in [3.63, 3.8) is 0 Å². The summed E-state index contributed by atoms with van der Waals surface area (Å²) >= 11 is 1.32. The van der Waals surface area contributed by atoms with Gasteiger partial charge in [-0.15, -0.1) is 10.2 Å². The summed E-state index contributed by atoms with van der Waals surface area (Å²) < 4.78 is 21.0. The number of aromatic nitrogens is 3. The highest BCUT2D eigenvalue weighted by Gasteiger charge is 2.18. The van der Waals surface area contributed by atoms with E-state index in [0.29, 0.717) is 23.2 Å². The maximum Gasteiger partial charge on any atom is 0.192 e. The lowest BCUT2D eigenvalue weighted by Crippen LogP contribution is -2.11. The van der Waals surface area contributed by atoms with Gasteiger partial charge in [0.2, 0.25) is 0 Å². The Bertz CT molecular complexity index is 1000. The smallest absolute Gasteiger partial charge is 0.192 e. The van der Waals surface area contributed by atoms with Crippen molar-refractivity contribution in [3.8, 4) is 5.75 Å². The molecular weight excluding hydrogens is 389 g/mol. The molecule has 2 aromatic carbocycles. The SMILES string of the molecule is Cc1ccc(OCc2nnc(SCC(=O)c3ccc(F)cc3)n2C(C)C)c(C)c1. The fourth-order valence-corrected chi connectivity index (χ4v) is 3.96. The Morgan fingerprint density at radius 1 is 1.14 bits per heavy atom. The van der Waals surface area contributed by atoms with Gasteiger partial charge < -0.3 is 9.30 Å². The molecule has 0 N–H and O–H groups in total. The first-order valence-electron chi connectivity index (χ1n) is 9.40. The van der Waals surface area contributed by atoms with E-state index in [-0.39, 0.29) is 23.4 Å². The second kappa shape index (κ2) is 9.22. The average Bonchev–Trinajstić information content (AvgIpc) is 3.09. The molecular formula is C22H24FN3O2S. The van der Waals surface area contributed by atoms with Crippen LogP contribution < -0.4 is 4.74 Å². The largest absolute Gasteiger partial charge is 0.485 e. The van der Waals surface area contributed by atoms with Crippen LogP contribution in [-0.4, -0.2) is 26.3 Å². The van der Waals surface area contributed by atoms with E-state index in [2.05, 4.69) is 16.3 Å². The van der Waals surface area contributed by atoms with Crippen molar-refractivity contribution in [1.82, 2.24) is 14.8 Å². The van der Waals surface area contributed by atoms with Gasteiger partial charge in [0.25, 0.3) is 0 Å². The Labute approximate surface area is 174 Å². The molecule has 7 heteroatoms. The Balaban J connectivity index is 1.69. The number of carbonyl (C=O) groups excluding carboxylic acids is 1. The third-order valence-electron chi connectivity index (χ3n) is 4.44. The zero-order valence-electron chi connectivity index (χ0n) is 17.0. The van der Waals surface area contributed by atoms with Crippen LogP contribution in [0.4, 0.5) is 4.39 Å². The van der Waals surface area contributed by atoms with Crippen LogP contribution in [0, 0.1) is 19.7 Å². The van der Waals surface area contributed by atoms with Crippen LogP contribution in [-0.2, 0) is 6.61 Å². The summed E-state index contributed by atoms with van der Waals surface area (Å²) in [5.41, 5.74) is 2.73. The quantitative estimate of drug-likeness (QED) is 0.377. The standard InChI is InChI=1S/C22H24FN3O2S/c1-14(2)26-21(12-28-20-10-5-15(3)11-16(20)4)24-25-22(26)29-13-19(27)17-6-8-18(23)9-7-17/h5-11,14H,12-13H2,1-4H3. The summed E-state index contributed by atoms with van der Waals surface area (Å²) in [6.07, 6.45) is 0. The number of carbonyl (C=O) groups is 1. The molecule has 0 bridgehead atoms. The van der Waals surface area contributed by atoms with E-state index < -0.39 is 0 Å². The molecule has 0 spiro atoms. The number of benzene rings is 2. The Kier molecular flexibility index (Phi) is 6.69. The Morgan fingerprint density at radius 3 is 2.52 bits per heavy atom. The Hall–Kier alpha value is -2.67. The fraction of sp³-hybridized carbons (Fsp3) is 0.318. The molecule has 0 amide bonds. The van der Waals surface area contributed by atoms with Gasteiger partial charge in [-0.25, -0.2) is 4.39 Å². The maximum absolute atomic E-state index is 13.0. The third-order valence-corrected chi connectivity index (χ3v) is 5.38. The van der Waals surface area contributed by atoms with Gasteiger partial charge in [0.1, 0.15) is 18.2 Å². The average molecular weight is 414 g/mol. The molecule has 152 valence electrons. The van der Waals surface area contributed by atoms with Crippen molar-refractivity contribution in [3.05, 3.63) is 70.8 Å². The minimum absolute atomic E-state index is 0.0820. The number of halogens is 1. The monoisotopic (exact) mass is 413 g/mol. The van der Waals surface area contributed by atoms with Gasteiger partial charge in [0.05, 0.1) is 5.75 Å². The van der Waals surface area contributed by atoms with Crippen molar-refractivity contribution < 1.29 is 13.9 Å². The van der Waals surface area contributed by atoms with Crippen LogP contribution in [0.3, 0.4) is 0 Å². The van der Waals surface area contributed by atoms with E-state index >= 15 is 0 Å². The molecule has 0 radical (unpaired) electrons. The molecule has 29 heavy (non-hydrogen) atoms. The number of rotatable bonds is 8. The number of ether oxygens (including phenoxy) is 1. The normalized spacial score (nSPS) is 11.1. The van der Waals surface area contributed by atoms with E-state index in [1.807, 2.05) is 44.4 Å². The predicted molar refractivity (Wildman–Crippen MR) is 112 cm³/mol. The molecule has 3 rings (SSSR count). The maximum atomic E-state index is 13.0. The third kappa shape index (κ3) is 5.23. The molecule has 0 saturated heterocycles. The number of hydrogen-bond donors (Lipinski definition) is 0. The first-order chi connectivity index (χ1) is 13.8. The molecule has 1 heterocycles. The van der Waals surface area contributed by atoms with E-state index in [4.69, 9.17) is 4.74 Å². The van der Waals surface area contributed by atoms with Gasteiger partial charge in [-0.2, -0.15) is 0 Å². The summed E-state index contributed by atoms with van der Waals surface area (Å²) in [5, 5.41) is 9.18. The minimum Gasteiger partial charge on any atom is -0.485 e. The van der Waals surface area contributed by atoms with Crippen LogP contribution in [0.2, 0.25) is 0 Å². The number of nitrogens with zero attached hydrogens (tertiary/aromatic N) is 3. The lowest BCUT2D eigenvalue weighted by atomic mass is 10.1. The number of thioether (sulfide) groups is 1. The first kappa shape index (κ1) is 21.0. The van der Waals surface area contributed by atoms with Crippen LogP contribution in [0.1, 0.15) is 47.2 Å². The van der Waals surface area contributed by atoms with Crippen LogP contribution in [0.5, 0.6) is 5.75 Å². The van der Waals surface area contributed by atoms with Crippen molar-refractivity contribution >= 4 is 17.5 Å². The van der Waals surface area contributed by atoms with Gasteiger partial charge in [-0.1, -0.05) is 29.5 Å². The summed E-state index contributed by atoms with van der Waals surface area (Å²) in [7, 11) is 0. The van der Waals surface area contributed by atoms with Gasteiger partial charge in [-0.3, -0.25) is 4.79 Å². The molecule has 0 saturated carbocycles. The lowest BCUT2D eigenvalue weighted by Gasteiger charge is -2.15. The molecule has 0 fully saturated rings. The summed E-state index contributed by atoms with van der Waals surface area (Å²) in [6, 6.07) is 11.7. The van der Waals surface area contributed by atoms with Gasteiger partial charge in [0.15, 0.2) is 16.8 Å². The number of Topliss-reactive ketones (excluding diaryl/α,β-unsaturated/α-hetero) is 1. The zero-order valence-corrected chi connectivity index (χ0v) is 17.8. The topological polar surface area (TPSA) is 57.0 Å². The van der Waals surface area contributed by atoms with Crippen LogP contribution in [0.15, 0.2) is 47.6 Å². The van der Waals surface area contributed by atoms with E-state index in [9.17, 15) is 9.18 Å². The van der Waals surface area contributed by atoms with E-state index in [1.165, 1.54) is 41.6 Å². The molecule has 0 aliphatic heterocycles. The molecule has 3 aromatic rings. The number of aryl methyl sites for hydroxylation is 2. The second-order valence-electron chi connectivity index (χ2n) is 7.14. The highest BCUT2D eigenvalue weighted by Crippen LogP contribution is 2.25. The van der Waals surface area contributed by atoms with Gasteiger partial charge in [-0.05, 0) is 63.6 Å². The van der Waals surface area contributed by atoms with E-state index in [0.717, 1.165) is 11.3 Å². The molecule has 1 aromatic heterocycles. The summed E-state index contributed by atoms with van der Waals surface area (Å²) in [5.74, 6) is 1.28. The second-order valence-corrected chi connectivity index (χ2v) is 8.08. The molecule has 0 aliphatic rings. The molecule has 0 aliphatic carbocycles. The molecule has 5 nitrogen and oxygen atoms in total. The van der Waals surface area contributed by atoms with Crippen molar-refractivity contribution in [2.24, 2.45) is 0 Å². The highest BCUT2D eigenvalue weighted by molar-refractivity contribution is 7.99. The van der Waals surface area contributed by atoms with Gasteiger partial charge in [0, 0.05) is 11.6 Å². The van der Waals surface area contributed by atoms with Crippen molar-refractivity contribution in [2.45, 2.75) is 45.5 Å². The summed E-state index contributed by atoms with van der Waals surface area (Å²) in [6.45, 7) is 8.42. The van der Waals surface area contributed by atoms with Crippen LogP contribution >= 0.6 is 11.8 Å². The lowest BCUT2D eigenvalue weighted by molar-refractivity contribution is 0.102. The van der Waals surface area contributed by atoms with Gasteiger partial charge >= 0.3 is 0 Å². The van der Waals surface area contributed by atoms with Crippen molar-refractivity contribution in [2.75, 3.05) is 5.75 Å². The van der Waals surface area contributed by atoms with Crippen molar-refractivity contribution in [1.29, 1.82) is 0 Å². The first-order valence-corrected chi connectivity index (χ1v) is 10.4.